The van der Waals surface area contributed by atoms with Crippen LogP contribution in [0.25, 0.3) is 0 Å². The predicted octanol–water partition coefficient (Wildman–Crippen LogP) is 2.96. The Bertz CT molecular complexity index is 899. The number of nitro benzene ring substituents is 2. The van der Waals surface area contributed by atoms with Gasteiger partial charge in [0.2, 0.25) is 0 Å². The van der Waals surface area contributed by atoms with Gasteiger partial charge in [0.15, 0.2) is 4.90 Å². The van der Waals surface area contributed by atoms with Gasteiger partial charge in [0.1, 0.15) is 0 Å². The van der Waals surface area contributed by atoms with Gasteiger partial charge < -0.3 is 0 Å². The number of hydrogen-bond donors (Lipinski definition) is 1. The molecule has 0 spiro atoms. The van der Waals surface area contributed by atoms with Crippen LogP contribution in [0.5, 0.6) is 0 Å². The molecule has 2 aromatic carbocycles. The summed E-state index contributed by atoms with van der Waals surface area (Å²) in [5.41, 5.74) is -1.25. The second kappa shape index (κ2) is 6.18. The molecular formula is C12H8ClN3O6S. The smallest absolute Gasteiger partial charge is 0.278 e. The van der Waals surface area contributed by atoms with Crippen LogP contribution in [0.1, 0.15) is 0 Å². The summed E-state index contributed by atoms with van der Waals surface area (Å²) in [6.07, 6.45) is 0. The Morgan fingerprint density at radius 3 is 2.26 bits per heavy atom. The zero-order valence-corrected chi connectivity index (χ0v) is 12.7. The van der Waals surface area contributed by atoms with Crippen LogP contribution in [0.4, 0.5) is 17.1 Å². The molecule has 0 aliphatic rings. The van der Waals surface area contributed by atoms with Gasteiger partial charge in [-0.2, -0.15) is 0 Å². The molecule has 0 amide bonds. The summed E-state index contributed by atoms with van der Waals surface area (Å²) in [5, 5.41) is 21.6. The third-order valence-electron chi connectivity index (χ3n) is 2.76. The van der Waals surface area contributed by atoms with Crippen LogP contribution in [-0.4, -0.2) is 18.3 Å². The molecule has 11 heteroatoms. The van der Waals surface area contributed by atoms with Crippen LogP contribution in [0.3, 0.4) is 0 Å². The summed E-state index contributed by atoms with van der Waals surface area (Å²) in [5.74, 6) is 0. The van der Waals surface area contributed by atoms with Gasteiger partial charge in [0.05, 0.1) is 20.6 Å². The normalized spacial score (nSPS) is 11.0. The third kappa shape index (κ3) is 3.55. The number of non-ortho nitro benzene ring substituents is 1. The maximum Gasteiger partial charge on any atom is 0.289 e. The van der Waals surface area contributed by atoms with Crippen LogP contribution >= 0.6 is 11.6 Å². The van der Waals surface area contributed by atoms with Crippen molar-refractivity contribution >= 4 is 38.7 Å². The first-order chi connectivity index (χ1) is 10.7. The molecule has 9 nitrogen and oxygen atoms in total. The summed E-state index contributed by atoms with van der Waals surface area (Å²) in [6.45, 7) is 0. The van der Waals surface area contributed by atoms with E-state index in [2.05, 4.69) is 0 Å². The zero-order chi connectivity index (χ0) is 17.2. The molecular weight excluding hydrogens is 350 g/mol. The van der Waals surface area contributed by atoms with E-state index in [1.54, 1.807) is 0 Å². The predicted molar refractivity (Wildman–Crippen MR) is 82.0 cm³/mol. The number of nitrogens with one attached hydrogen (secondary N) is 1. The number of para-hydroxylation sites is 1. The van der Waals surface area contributed by atoms with Gasteiger partial charge in [-0.05, 0) is 12.1 Å². The fraction of sp³-hybridized carbons (Fsp3) is 0. The van der Waals surface area contributed by atoms with Crippen LogP contribution in [0.2, 0.25) is 5.02 Å². The number of halogens is 1. The summed E-state index contributed by atoms with van der Waals surface area (Å²) in [4.78, 5) is 19.5. The molecule has 2 aromatic rings. The van der Waals surface area contributed by atoms with Crippen molar-refractivity contribution in [1.29, 1.82) is 0 Å². The van der Waals surface area contributed by atoms with Gasteiger partial charge in [-0.25, -0.2) is 8.42 Å². The zero-order valence-electron chi connectivity index (χ0n) is 11.2. The van der Waals surface area contributed by atoms with E-state index in [4.69, 9.17) is 11.6 Å². The topological polar surface area (TPSA) is 132 Å². The van der Waals surface area contributed by atoms with Crippen molar-refractivity contribution in [3.8, 4) is 0 Å². The van der Waals surface area contributed by atoms with Crippen LogP contribution in [0.15, 0.2) is 47.4 Å². The van der Waals surface area contributed by atoms with Crippen LogP contribution in [-0.2, 0) is 10.0 Å². The van der Waals surface area contributed by atoms with Crippen molar-refractivity contribution in [3.63, 3.8) is 0 Å². The molecule has 0 saturated heterocycles. The molecule has 0 unspecified atom stereocenters. The van der Waals surface area contributed by atoms with Crippen molar-refractivity contribution in [2.75, 3.05) is 4.72 Å². The first-order valence-corrected chi connectivity index (χ1v) is 7.78. The lowest BCUT2D eigenvalue weighted by Gasteiger charge is -2.09. The lowest BCUT2D eigenvalue weighted by molar-refractivity contribution is -0.387. The van der Waals surface area contributed by atoms with Gasteiger partial charge in [0.25, 0.3) is 21.4 Å². The highest BCUT2D eigenvalue weighted by atomic mass is 35.5. The average Bonchev–Trinajstić information content (AvgIpc) is 2.49. The van der Waals surface area contributed by atoms with Gasteiger partial charge in [-0.15, -0.1) is 0 Å². The van der Waals surface area contributed by atoms with E-state index in [9.17, 15) is 28.6 Å². The number of anilines is 1. The van der Waals surface area contributed by atoms with E-state index in [-0.39, 0.29) is 16.4 Å². The molecule has 0 aliphatic heterocycles. The molecule has 0 saturated carbocycles. The number of nitrogens with zero attached hydrogens (tertiary/aromatic N) is 2. The largest absolute Gasteiger partial charge is 0.289 e. The Balaban J connectivity index is 2.50. The summed E-state index contributed by atoms with van der Waals surface area (Å²) >= 11 is 5.81. The molecule has 120 valence electrons. The SMILES string of the molecule is O=[N+]([O-])c1ccc(Cl)c(NS(=O)(=O)c2ccccc2[N+](=O)[O-])c1. The number of rotatable bonds is 5. The fourth-order valence-corrected chi connectivity index (χ4v) is 3.20. The van der Waals surface area contributed by atoms with Gasteiger partial charge >= 0.3 is 0 Å². The van der Waals surface area contributed by atoms with Crippen LogP contribution in [0, 0.1) is 20.2 Å². The van der Waals surface area contributed by atoms with Crippen molar-refractivity contribution in [3.05, 3.63) is 67.7 Å². The minimum absolute atomic E-state index is 0.0854. The lowest BCUT2D eigenvalue weighted by Crippen LogP contribution is -2.15. The second-order valence-corrected chi connectivity index (χ2v) is 6.31. The summed E-state index contributed by atoms with van der Waals surface area (Å²) in [7, 11) is -4.35. The van der Waals surface area contributed by atoms with E-state index < -0.39 is 30.5 Å². The van der Waals surface area contributed by atoms with Crippen LogP contribution < -0.4 is 4.72 Å². The van der Waals surface area contributed by atoms with E-state index in [0.717, 1.165) is 30.3 Å². The van der Waals surface area contributed by atoms with Crippen molar-refractivity contribution in [2.45, 2.75) is 4.90 Å². The Morgan fingerprint density at radius 1 is 1.00 bits per heavy atom. The van der Waals surface area contributed by atoms with Crippen molar-refractivity contribution in [1.82, 2.24) is 0 Å². The third-order valence-corrected chi connectivity index (χ3v) is 4.50. The molecule has 0 bridgehead atoms. The van der Waals surface area contributed by atoms with E-state index in [0.29, 0.717) is 0 Å². The molecule has 1 N–H and O–H groups in total. The Labute approximate surface area is 134 Å². The molecule has 0 aromatic heterocycles. The Hall–Kier alpha value is -2.72. The quantitative estimate of drug-likeness (QED) is 0.646. The first kappa shape index (κ1) is 16.6. The minimum atomic E-state index is -4.35. The monoisotopic (exact) mass is 357 g/mol. The van der Waals surface area contributed by atoms with E-state index >= 15 is 0 Å². The highest BCUT2D eigenvalue weighted by molar-refractivity contribution is 7.92. The number of sulfonamides is 1. The maximum atomic E-state index is 12.3. The molecule has 0 atom stereocenters. The highest BCUT2D eigenvalue weighted by Crippen LogP contribution is 2.31. The molecule has 0 heterocycles. The number of benzene rings is 2. The lowest BCUT2D eigenvalue weighted by atomic mass is 10.3. The maximum absolute atomic E-state index is 12.3. The molecule has 0 fully saturated rings. The highest BCUT2D eigenvalue weighted by Gasteiger charge is 2.26. The van der Waals surface area contributed by atoms with E-state index in [1.165, 1.54) is 12.1 Å². The molecule has 0 aliphatic carbocycles. The average molecular weight is 358 g/mol. The van der Waals surface area contributed by atoms with Gasteiger partial charge in [0, 0.05) is 18.2 Å². The molecule has 0 radical (unpaired) electrons. The minimum Gasteiger partial charge on any atom is -0.278 e. The summed E-state index contributed by atoms with van der Waals surface area (Å²) in [6, 6.07) is 7.89. The number of hydrogen-bond acceptors (Lipinski definition) is 6. The standard InChI is InChI=1S/C12H8ClN3O6S/c13-9-6-5-8(15(17)18)7-10(9)14-23(21,22)12-4-2-1-3-11(12)16(19)20/h1-7,14H. The van der Waals surface area contributed by atoms with Crippen molar-refractivity contribution < 1.29 is 18.3 Å². The summed E-state index contributed by atoms with van der Waals surface area (Å²) < 4.78 is 26.7. The van der Waals surface area contributed by atoms with Crippen molar-refractivity contribution in [2.24, 2.45) is 0 Å². The second-order valence-electron chi connectivity index (χ2n) is 4.25. The van der Waals surface area contributed by atoms with Gasteiger partial charge in [-0.3, -0.25) is 25.0 Å². The van der Waals surface area contributed by atoms with Gasteiger partial charge in [-0.1, -0.05) is 23.7 Å². The first-order valence-electron chi connectivity index (χ1n) is 5.92. The Morgan fingerprint density at radius 2 is 1.65 bits per heavy atom. The molecule has 2 rings (SSSR count). The fourth-order valence-electron chi connectivity index (χ4n) is 1.74. The van der Waals surface area contributed by atoms with E-state index in [1.807, 2.05) is 4.72 Å². The Kier molecular flexibility index (Phi) is 4.48. The number of nitro groups is 2. The molecule has 23 heavy (non-hydrogen) atoms.